The van der Waals surface area contributed by atoms with Gasteiger partial charge in [-0.2, -0.15) is 0 Å². The fraction of sp³-hybridized carbons (Fsp3) is 0.917. The zero-order valence-corrected chi connectivity index (χ0v) is 18.3. The van der Waals surface area contributed by atoms with E-state index in [4.69, 9.17) is 4.74 Å². The molecule has 29 heavy (non-hydrogen) atoms. The lowest BCUT2D eigenvalue weighted by molar-refractivity contribution is -0.191. The molecule has 4 saturated carbocycles. The largest absolute Gasteiger partial charge is 0.481 e. The van der Waals surface area contributed by atoms with Gasteiger partial charge in [0.15, 0.2) is 0 Å². The zero-order valence-electron chi connectivity index (χ0n) is 18.3. The van der Waals surface area contributed by atoms with E-state index in [1.54, 1.807) is 0 Å². The Morgan fingerprint density at radius 2 is 1.83 bits per heavy atom. The molecular formula is C24H38O5. The van der Waals surface area contributed by atoms with Gasteiger partial charge in [0.25, 0.3) is 0 Å². The summed E-state index contributed by atoms with van der Waals surface area (Å²) in [7, 11) is 0. The summed E-state index contributed by atoms with van der Waals surface area (Å²) in [5.41, 5.74) is -0.692. The van der Waals surface area contributed by atoms with Gasteiger partial charge in [-0.15, -0.1) is 0 Å². The molecule has 4 rings (SSSR count). The van der Waals surface area contributed by atoms with Crippen molar-refractivity contribution in [3.63, 3.8) is 0 Å². The van der Waals surface area contributed by atoms with Gasteiger partial charge in [0.05, 0.1) is 24.5 Å². The minimum Gasteiger partial charge on any atom is -0.481 e. The Morgan fingerprint density at radius 1 is 1.07 bits per heavy atom. The van der Waals surface area contributed by atoms with E-state index in [9.17, 15) is 19.8 Å². The normalized spacial score (nSPS) is 46.1. The fourth-order valence-electron chi connectivity index (χ4n) is 8.46. The van der Waals surface area contributed by atoms with E-state index in [0.29, 0.717) is 30.8 Å². The summed E-state index contributed by atoms with van der Waals surface area (Å²) in [4.78, 5) is 24.2. The molecule has 5 nitrogen and oxygen atoms in total. The molecule has 2 N–H and O–H groups in total. The SMILES string of the molecule is CC(C)C(=O)OC[C@@H]1C[C@@]23CC[C@@H]4[C@](CO)(C(=O)O)CCC[C@@]4(C)[C@@H]2CC[C@@H]1C3. The van der Waals surface area contributed by atoms with Crippen LogP contribution in [-0.2, 0) is 14.3 Å². The number of fused-ring (bicyclic) bond motifs is 3. The van der Waals surface area contributed by atoms with Gasteiger partial charge in [-0.05, 0) is 85.9 Å². The van der Waals surface area contributed by atoms with Crippen LogP contribution in [0.15, 0.2) is 0 Å². The Labute approximate surface area is 174 Å². The van der Waals surface area contributed by atoms with E-state index >= 15 is 0 Å². The average molecular weight is 407 g/mol. The summed E-state index contributed by atoms with van der Waals surface area (Å²) in [6.07, 6.45) is 9.21. The van der Waals surface area contributed by atoms with Crippen LogP contribution >= 0.6 is 0 Å². The standard InChI is InChI=1S/C24H38O5/c1-15(2)20(26)29-13-17-12-23-10-7-19-22(3,18(23)6-5-16(17)11-23)8-4-9-24(19,14-25)21(27)28/h15-19,25H,4-14H2,1-3H3,(H,27,28)/t16-,17+,18+,19+,22+,23+,24+/m1/s1. The van der Waals surface area contributed by atoms with E-state index in [0.717, 1.165) is 44.9 Å². The number of carboxylic acid groups (broad SMARTS) is 1. The molecule has 0 aromatic carbocycles. The molecule has 0 radical (unpaired) electrons. The third-order valence-corrected chi connectivity index (χ3v) is 9.72. The quantitative estimate of drug-likeness (QED) is 0.666. The Hall–Kier alpha value is -1.10. The molecule has 1 spiro atoms. The smallest absolute Gasteiger partial charge is 0.312 e. The highest BCUT2D eigenvalue weighted by Crippen LogP contribution is 2.72. The summed E-state index contributed by atoms with van der Waals surface area (Å²) in [6.45, 7) is 6.41. The predicted molar refractivity (Wildman–Crippen MR) is 109 cm³/mol. The van der Waals surface area contributed by atoms with Gasteiger partial charge in [0.1, 0.15) is 0 Å². The van der Waals surface area contributed by atoms with Gasteiger partial charge in [-0.1, -0.05) is 27.2 Å². The number of rotatable bonds is 5. The number of hydrogen-bond donors (Lipinski definition) is 2. The summed E-state index contributed by atoms with van der Waals surface area (Å²) in [5, 5.41) is 20.2. The van der Waals surface area contributed by atoms with Crippen molar-refractivity contribution in [1.29, 1.82) is 0 Å². The number of esters is 1. The molecule has 5 heteroatoms. The first-order valence-corrected chi connectivity index (χ1v) is 11.7. The summed E-state index contributed by atoms with van der Waals surface area (Å²) in [5.74, 6) is 0.701. The van der Waals surface area contributed by atoms with Crippen molar-refractivity contribution in [2.45, 2.75) is 78.6 Å². The van der Waals surface area contributed by atoms with Gasteiger partial charge in [0, 0.05) is 0 Å². The van der Waals surface area contributed by atoms with E-state index in [1.807, 2.05) is 13.8 Å². The molecule has 0 heterocycles. The molecule has 0 aromatic heterocycles. The molecule has 164 valence electrons. The van der Waals surface area contributed by atoms with Crippen molar-refractivity contribution in [1.82, 2.24) is 0 Å². The maximum atomic E-state index is 12.3. The predicted octanol–water partition coefficient (Wildman–Crippen LogP) is 4.27. The first kappa shape index (κ1) is 21.1. The summed E-state index contributed by atoms with van der Waals surface area (Å²) in [6, 6.07) is 0. The Kier molecular flexibility index (Phi) is 5.28. The van der Waals surface area contributed by atoms with E-state index in [-0.39, 0.29) is 35.2 Å². The van der Waals surface area contributed by atoms with Crippen molar-refractivity contribution in [3.8, 4) is 0 Å². The second-order valence-electron chi connectivity index (χ2n) is 11.3. The first-order valence-electron chi connectivity index (χ1n) is 11.7. The van der Waals surface area contributed by atoms with Crippen molar-refractivity contribution in [2.24, 2.45) is 45.8 Å². The van der Waals surface area contributed by atoms with Gasteiger partial charge in [-0.25, -0.2) is 0 Å². The highest BCUT2D eigenvalue weighted by molar-refractivity contribution is 5.75. The van der Waals surface area contributed by atoms with Crippen LogP contribution in [0.5, 0.6) is 0 Å². The minimum atomic E-state index is -0.962. The molecule has 4 fully saturated rings. The second-order valence-corrected chi connectivity index (χ2v) is 11.3. The molecule has 0 amide bonds. The third kappa shape index (κ3) is 3.05. The number of hydrogen-bond acceptors (Lipinski definition) is 4. The number of carboxylic acids is 1. The lowest BCUT2D eigenvalue weighted by Gasteiger charge is -2.63. The topological polar surface area (TPSA) is 83.8 Å². The Morgan fingerprint density at radius 3 is 2.48 bits per heavy atom. The van der Waals surface area contributed by atoms with Gasteiger partial charge in [-0.3, -0.25) is 9.59 Å². The van der Waals surface area contributed by atoms with Crippen LogP contribution in [0.1, 0.15) is 78.6 Å². The number of aliphatic hydroxyl groups is 1. The number of ether oxygens (including phenoxy) is 1. The minimum absolute atomic E-state index is 0.00785. The molecule has 4 aliphatic carbocycles. The molecule has 0 aromatic rings. The summed E-state index contributed by atoms with van der Waals surface area (Å²) >= 11 is 0. The van der Waals surface area contributed by atoms with Gasteiger partial charge >= 0.3 is 11.9 Å². The van der Waals surface area contributed by atoms with Gasteiger partial charge < -0.3 is 14.9 Å². The Balaban J connectivity index is 1.57. The van der Waals surface area contributed by atoms with Crippen molar-refractivity contribution in [3.05, 3.63) is 0 Å². The van der Waals surface area contributed by atoms with Crippen LogP contribution in [0.3, 0.4) is 0 Å². The molecule has 4 aliphatic rings. The lowest BCUT2D eigenvalue weighted by Crippen LogP contribution is -2.60. The highest BCUT2D eigenvalue weighted by atomic mass is 16.5. The molecule has 0 aliphatic heterocycles. The number of aliphatic carboxylic acids is 1. The number of carbonyl (C=O) groups excluding carboxylic acids is 1. The van der Waals surface area contributed by atoms with E-state index in [1.165, 1.54) is 6.42 Å². The van der Waals surface area contributed by atoms with Crippen molar-refractivity contribution >= 4 is 11.9 Å². The molecule has 0 saturated heterocycles. The second kappa shape index (κ2) is 7.25. The van der Waals surface area contributed by atoms with E-state index in [2.05, 4.69) is 6.92 Å². The molecular weight excluding hydrogens is 368 g/mol. The zero-order chi connectivity index (χ0) is 21.0. The van der Waals surface area contributed by atoms with Crippen LogP contribution in [0.25, 0.3) is 0 Å². The molecule has 2 bridgehead atoms. The molecule has 7 atom stereocenters. The fourth-order valence-corrected chi connectivity index (χ4v) is 8.46. The molecule has 0 unspecified atom stereocenters. The average Bonchev–Trinajstić information content (AvgIpc) is 2.94. The maximum Gasteiger partial charge on any atom is 0.312 e. The summed E-state index contributed by atoms with van der Waals surface area (Å²) < 4.78 is 5.64. The van der Waals surface area contributed by atoms with Crippen molar-refractivity contribution < 1.29 is 24.5 Å². The third-order valence-electron chi connectivity index (χ3n) is 9.72. The maximum absolute atomic E-state index is 12.3. The van der Waals surface area contributed by atoms with Crippen LogP contribution < -0.4 is 0 Å². The highest BCUT2D eigenvalue weighted by Gasteiger charge is 2.66. The van der Waals surface area contributed by atoms with Crippen molar-refractivity contribution in [2.75, 3.05) is 13.2 Å². The van der Waals surface area contributed by atoms with Gasteiger partial charge in [0.2, 0.25) is 0 Å². The number of carbonyl (C=O) groups is 2. The van der Waals surface area contributed by atoms with Crippen LogP contribution in [0.2, 0.25) is 0 Å². The number of aliphatic hydroxyl groups excluding tert-OH is 1. The van der Waals surface area contributed by atoms with E-state index < -0.39 is 11.4 Å². The van der Waals surface area contributed by atoms with Crippen LogP contribution in [-0.4, -0.2) is 35.4 Å². The monoisotopic (exact) mass is 406 g/mol. The lowest BCUT2D eigenvalue weighted by atomic mass is 9.41. The first-order chi connectivity index (χ1) is 13.7. The Bertz CT molecular complexity index is 674. The van der Waals surface area contributed by atoms with Crippen LogP contribution in [0, 0.1) is 45.8 Å². The van der Waals surface area contributed by atoms with Crippen LogP contribution in [0.4, 0.5) is 0 Å².